The molecule has 5 heteroatoms. The summed E-state index contributed by atoms with van der Waals surface area (Å²) in [6.07, 6.45) is 4.28. The largest absolute Gasteiger partial charge is 0.505 e. The normalized spacial score (nSPS) is 18.5. The maximum atomic E-state index is 10.2. The molecule has 2 aromatic rings. The third-order valence-electron chi connectivity index (χ3n) is 4.44. The van der Waals surface area contributed by atoms with Gasteiger partial charge in [-0.15, -0.1) is 0 Å². The Labute approximate surface area is 142 Å². The number of aliphatic imine (C=N–C) groups is 1. The highest BCUT2D eigenvalue weighted by Gasteiger charge is 2.21. The number of pyridine rings is 1. The van der Waals surface area contributed by atoms with Crippen LogP contribution in [-0.2, 0) is 13.2 Å². The summed E-state index contributed by atoms with van der Waals surface area (Å²) in [6.45, 7) is 4.45. The van der Waals surface area contributed by atoms with Gasteiger partial charge in [0.25, 0.3) is 0 Å². The molecule has 1 aliphatic heterocycles. The van der Waals surface area contributed by atoms with Gasteiger partial charge in [0.05, 0.1) is 18.3 Å². The molecule has 24 heavy (non-hydrogen) atoms. The van der Waals surface area contributed by atoms with E-state index in [1.54, 1.807) is 19.3 Å². The third kappa shape index (κ3) is 3.80. The number of hydrogen-bond donors (Lipinski definition) is 2. The van der Waals surface area contributed by atoms with Crippen molar-refractivity contribution in [2.45, 2.75) is 32.5 Å². The molecule has 1 fully saturated rings. The van der Waals surface area contributed by atoms with E-state index in [0.29, 0.717) is 16.8 Å². The van der Waals surface area contributed by atoms with E-state index in [-0.39, 0.29) is 18.4 Å². The molecule has 0 unspecified atom stereocenters. The topological polar surface area (TPSA) is 69.0 Å². The Kier molecular flexibility index (Phi) is 5.23. The molecule has 2 N–H and O–H groups in total. The van der Waals surface area contributed by atoms with Gasteiger partial charge in [0.2, 0.25) is 0 Å². The second-order valence-electron chi connectivity index (χ2n) is 6.23. The van der Waals surface area contributed by atoms with Crippen molar-refractivity contribution < 1.29 is 10.2 Å². The first kappa shape index (κ1) is 16.6. The average Bonchev–Trinajstić information content (AvgIpc) is 3.04. The van der Waals surface area contributed by atoms with Gasteiger partial charge in [-0.25, -0.2) is 0 Å². The smallest absolute Gasteiger partial charge is 0.145 e. The minimum Gasteiger partial charge on any atom is -0.505 e. The predicted octanol–water partition coefficient (Wildman–Crippen LogP) is 2.28. The van der Waals surface area contributed by atoms with Crippen LogP contribution < -0.4 is 0 Å². The fraction of sp³-hybridized carbons (Fsp3) is 0.368. The molecule has 0 saturated carbocycles. The Balaban J connectivity index is 1.65. The lowest BCUT2D eigenvalue weighted by Crippen LogP contribution is -2.21. The molecule has 1 saturated heterocycles. The first-order valence-electron chi connectivity index (χ1n) is 8.25. The number of hydrogen-bond acceptors (Lipinski definition) is 5. The Morgan fingerprint density at radius 3 is 2.88 bits per heavy atom. The SMILES string of the molecule is Cc1ncc(CO)c(C=N[C@H]2CCN(Cc3ccccc3)C2)c1O. The number of aromatic nitrogens is 1. The summed E-state index contributed by atoms with van der Waals surface area (Å²) in [7, 11) is 0. The van der Waals surface area contributed by atoms with Gasteiger partial charge in [-0.2, -0.15) is 0 Å². The van der Waals surface area contributed by atoms with Gasteiger partial charge in [-0.05, 0) is 18.9 Å². The summed E-state index contributed by atoms with van der Waals surface area (Å²) >= 11 is 0. The molecule has 0 amide bonds. The van der Waals surface area contributed by atoms with Crippen LogP contribution in [0.25, 0.3) is 0 Å². The molecular weight excluding hydrogens is 302 g/mol. The van der Waals surface area contributed by atoms with E-state index in [2.05, 4.69) is 39.1 Å². The van der Waals surface area contributed by atoms with Crippen LogP contribution in [0.5, 0.6) is 5.75 Å². The summed E-state index contributed by atoms with van der Waals surface area (Å²) in [5.74, 6) is 0.101. The average molecular weight is 325 g/mol. The minimum atomic E-state index is -0.160. The summed E-state index contributed by atoms with van der Waals surface area (Å²) in [6, 6.07) is 10.7. The van der Waals surface area contributed by atoms with Crippen LogP contribution in [0.2, 0.25) is 0 Å². The summed E-state index contributed by atoms with van der Waals surface area (Å²) in [4.78, 5) is 11.1. The van der Waals surface area contributed by atoms with Crippen molar-refractivity contribution in [3.05, 3.63) is 58.9 Å². The van der Waals surface area contributed by atoms with Crippen LogP contribution >= 0.6 is 0 Å². The second-order valence-corrected chi connectivity index (χ2v) is 6.23. The molecule has 2 heterocycles. The summed E-state index contributed by atoms with van der Waals surface area (Å²) in [5.41, 5.74) is 3.03. The predicted molar refractivity (Wildman–Crippen MR) is 94.3 cm³/mol. The standard InChI is InChI=1S/C19H23N3O2/c1-14-19(24)18(16(13-23)9-20-14)10-21-17-7-8-22(12-17)11-15-5-3-2-4-6-15/h2-6,9-10,17,23-24H,7-8,11-13H2,1H3/t17-/m0/s1. The van der Waals surface area contributed by atoms with Crippen LogP contribution in [0.4, 0.5) is 0 Å². The number of nitrogens with zero attached hydrogens (tertiary/aromatic N) is 3. The van der Waals surface area contributed by atoms with Crippen LogP contribution in [0, 0.1) is 6.92 Å². The van der Waals surface area contributed by atoms with Crippen molar-refractivity contribution >= 4 is 6.21 Å². The van der Waals surface area contributed by atoms with Gasteiger partial charge >= 0.3 is 0 Å². The highest BCUT2D eigenvalue weighted by Crippen LogP contribution is 2.23. The zero-order chi connectivity index (χ0) is 16.9. The molecular formula is C19H23N3O2. The Bertz CT molecular complexity index is 716. The number of aliphatic hydroxyl groups excluding tert-OH is 1. The highest BCUT2D eigenvalue weighted by atomic mass is 16.3. The van der Waals surface area contributed by atoms with Crippen molar-refractivity contribution in [2.75, 3.05) is 13.1 Å². The van der Waals surface area contributed by atoms with E-state index in [1.807, 2.05) is 6.07 Å². The lowest BCUT2D eigenvalue weighted by Gasteiger charge is -2.14. The van der Waals surface area contributed by atoms with Crippen LogP contribution in [0.1, 0.15) is 28.8 Å². The lowest BCUT2D eigenvalue weighted by molar-refractivity contribution is 0.280. The van der Waals surface area contributed by atoms with Gasteiger partial charge < -0.3 is 10.2 Å². The number of likely N-dealkylation sites (tertiary alicyclic amines) is 1. The molecule has 0 aliphatic carbocycles. The number of rotatable bonds is 5. The molecule has 0 bridgehead atoms. The molecule has 0 spiro atoms. The molecule has 1 atom stereocenters. The molecule has 1 aromatic heterocycles. The fourth-order valence-corrected chi connectivity index (χ4v) is 3.02. The maximum Gasteiger partial charge on any atom is 0.145 e. The second kappa shape index (κ2) is 7.55. The van der Waals surface area contributed by atoms with Crippen LogP contribution in [-0.4, -0.2) is 45.4 Å². The fourth-order valence-electron chi connectivity index (χ4n) is 3.02. The summed E-state index contributed by atoms with van der Waals surface area (Å²) in [5, 5.41) is 19.6. The minimum absolute atomic E-state index is 0.101. The van der Waals surface area contributed by atoms with E-state index in [0.717, 1.165) is 26.1 Å². The van der Waals surface area contributed by atoms with Crippen molar-refractivity contribution in [3.63, 3.8) is 0 Å². The number of aliphatic hydroxyl groups is 1. The quantitative estimate of drug-likeness (QED) is 0.828. The van der Waals surface area contributed by atoms with E-state index in [4.69, 9.17) is 0 Å². The van der Waals surface area contributed by atoms with Gasteiger partial charge in [-0.3, -0.25) is 14.9 Å². The van der Waals surface area contributed by atoms with Gasteiger partial charge in [0.15, 0.2) is 0 Å². The number of aryl methyl sites for hydroxylation is 1. The Hall–Kier alpha value is -2.24. The molecule has 1 aromatic carbocycles. The summed E-state index contributed by atoms with van der Waals surface area (Å²) < 4.78 is 0. The number of benzene rings is 1. The van der Waals surface area contributed by atoms with E-state index >= 15 is 0 Å². The van der Waals surface area contributed by atoms with Crippen LogP contribution in [0.3, 0.4) is 0 Å². The molecule has 1 aliphatic rings. The van der Waals surface area contributed by atoms with Crippen LogP contribution in [0.15, 0.2) is 41.5 Å². The zero-order valence-electron chi connectivity index (χ0n) is 13.9. The van der Waals surface area contributed by atoms with Gasteiger partial charge in [-0.1, -0.05) is 30.3 Å². The molecule has 3 rings (SSSR count). The van der Waals surface area contributed by atoms with Crippen molar-refractivity contribution in [1.29, 1.82) is 0 Å². The first-order chi connectivity index (χ1) is 11.7. The van der Waals surface area contributed by atoms with Crippen molar-refractivity contribution in [2.24, 2.45) is 4.99 Å². The van der Waals surface area contributed by atoms with Crippen molar-refractivity contribution in [3.8, 4) is 5.75 Å². The van der Waals surface area contributed by atoms with Gasteiger partial charge in [0, 0.05) is 43.2 Å². The van der Waals surface area contributed by atoms with E-state index in [9.17, 15) is 10.2 Å². The molecule has 5 nitrogen and oxygen atoms in total. The lowest BCUT2D eigenvalue weighted by atomic mass is 10.1. The molecule has 0 radical (unpaired) electrons. The Morgan fingerprint density at radius 1 is 1.33 bits per heavy atom. The van der Waals surface area contributed by atoms with E-state index < -0.39 is 0 Å². The Morgan fingerprint density at radius 2 is 2.12 bits per heavy atom. The zero-order valence-corrected chi connectivity index (χ0v) is 13.9. The number of aromatic hydroxyl groups is 1. The third-order valence-corrected chi connectivity index (χ3v) is 4.44. The first-order valence-corrected chi connectivity index (χ1v) is 8.25. The maximum absolute atomic E-state index is 10.2. The highest BCUT2D eigenvalue weighted by molar-refractivity contribution is 5.85. The van der Waals surface area contributed by atoms with Crippen molar-refractivity contribution in [1.82, 2.24) is 9.88 Å². The monoisotopic (exact) mass is 325 g/mol. The van der Waals surface area contributed by atoms with Gasteiger partial charge in [0.1, 0.15) is 5.75 Å². The molecule has 126 valence electrons. The van der Waals surface area contributed by atoms with E-state index in [1.165, 1.54) is 5.56 Å².